The van der Waals surface area contributed by atoms with Crippen molar-refractivity contribution in [2.45, 2.75) is 20.8 Å². The maximum absolute atomic E-state index is 10.0. The van der Waals surface area contributed by atoms with E-state index in [1.807, 2.05) is 19.8 Å². The van der Waals surface area contributed by atoms with Crippen LogP contribution in [0.2, 0.25) is 0 Å². The van der Waals surface area contributed by atoms with Crippen LogP contribution >= 0.6 is 0 Å². The molecule has 77 valence electrons. The number of rotatable bonds is 3. The molecule has 0 aromatic rings. The van der Waals surface area contributed by atoms with Crippen molar-refractivity contribution in [1.82, 2.24) is 0 Å². The van der Waals surface area contributed by atoms with Crippen LogP contribution in [0.3, 0.4) is 0 Å². The van der Waals surface area contributed by atoms with Gasteiger partial charge in [0.25, 0.3) is 0 Å². The minimum Gasteiger partial charge on any atom is -0.512 e. The summed E-state index contributed by atoms with van der Waals surface area (Å²) in [7, 11) is 0. The van der Waals surface area contributed by atoms with Crippen molar-refractivity contribution in [3.8, 4) is 0 Å². The maximum Gasteiger partial charge on any atom is 0.155 e. The molecule has 0 saturated carbocycles. The Hall–Kier alpha value is -0.167. The Labute approximate surface area is 94.2 Å². The molecule has 0 fully saturated rings. The molecule has 5 radical (unpaired) electrons. The van der Waals surface area contributed by atoms with E-state index in [4.69, 9.17) is 5.11 Å². The fraction of sp³-hybridized carbons (Fsp3) is 0.300. The van der Waals surface area contributed by atoms with Crippen molar-refractivity contribution >= 4 is 5.78 Å². The molecule has 0 aromatic carbocycles. The number of aliphatic hydroxyl groups excluding tert-OH is 1. The summed E-state index contributed by atoms with van der Waals surface area (Å²) in [5, 5.41) is 8.36. The quantitative estimate of drug-likeness (QED) is 0.486. The van der Waals surface area contributed by atoms with Crippen molar-refractivity contribution in [1.29, 1.82) is 0 Å². The van der Waals surface area contributed by atoms with E-state index < -0.39 is 0 Å². The molecule has 13 heavy (non-hydrogen) atoms. The molecule has 0 bridgehead atoms. The molecule has 0 aromatic heterocycles. The molecular formula is C10H16O2Rh. The monoisotopic (exact) mass is 271 g/mol. The summed E-state index contributed by atoms with van der Waals surface area (Å²) in [6.07, 6.45) is 6.74. The third-order valence-corrected chi connectivity index (χ3v) is 0.741. The minimum atomic E-state index is -0.125. The van der Waals surface area contributed by atoms with Crippen LogP contribution in [0.25, 0.3) is 0 Å². The normalized spacial score (nSPS) is 9.38. The second kappa shape index (κ2) is 14.4. The zero-order valence-corrected chi connectivity index (χ0v) is 9.84. The Bertz CT molecular complexity index is 136. The summed E-state index contributed by atoms with van der Waals surface area (Å²) >= 11 is 0. The van der Waals surface area contributed by atoms with Crippen LogP contribution in [0.1, 0.15) is 20.8 Å². The number of carbonyl (C=O) groups is 1. The topological polar surface area (TPSA) is 37.3 Å². The molecule has 0 rings (SSSR count). The summed E-state index contributed by atoms with van der Waals surface area (Å²) in [6.45, 7) is 8.27. The van der Waals surface area contributed by atoms with Crippen molar-refractivity contribution < 1.29 is 29.4 Å². The molecule has 3 heteroatoms. The molecule has 0 spiro atoms. The van der Waals surface area contributed by atoms with Crippen LogP contribution < -0.4 is 0 Å². The molecule has 0 aliphatic rings. The average molecular weight is 271 g/mol. The van der Waals surface area contributed by atoms with Gasteiger partial charge in [0, 0.05) is 25.6 Å². The van der Waals surface area contributed by atoms with Crippen LogP contribution in [0.4, 0.5) is 0 Å². The van der Waals surface area contributed by atoms with Crippen molar-refractivity contribution in [2.75, 3.05) is 0 Å². The number of ketones is 1. The molecule has 0 heterocycles. The first-order chi connectivity index (χ1) is 5.54. The Morgan fingerprint density at radius 1 is 1.38 bits per heavy atom. The van der Waals surface area contributed by atoms with Gasteiger partial charge in [-0.1, -0.05) is 6.92 Å². The summed E-state index contributed by atoms with van der Waals surface area (Å²) in [6, 6.07) is 0. The minimum absolute atomic E-state index is 0. The van der Waals surface area contributed by atoms with Gasteiger partial charge in [0.15, 0.2) is 5.78 Å². The zero-order valence-electron chi connectivity index (χ0n) is 8.21. The van der Waals surface area contributed by atoms with Crippen LogP contribution in [-0.4, -0.2) is 10.9 Å². The molecule has 0 aliphatic carbocycles. The van der Waals surface area contributed by atoms with E-state index in [1.165, 1.54) is 19.9 Å². The van der Waals surface area contributed by atoms with Gasteiger partial charge in [0.05, 0.1) is 5.76 Å². The van der Waals surface area contributed by atoms with E-state index in [1.54, 1.807) is 6.42 Å². The van der Waals surface area contributed by atoms with Gasteiger partial charge in [-0.2, -0.15) is 0 Å². The third-order valence-electron chi connectivity index (χ3n) is 0.741. The summed E-state index contributed by atoms with van der Waals surface area (Å²) in [5.41, 5.74) is 0. The number of aliphatic hydroxyl groups is 1. The average Bonchev–Trinajstić information content (AvgIpc) is 1.87. The fourth-order valence-corrected chi connectivity index (χ4v) is 0.430. The summed E-state index contributed by atoms with van der Waals surface area (Å²) < 4.78 is 0. The third kappa shape index (κ3) is 33.6. The first-order valence-electron chi connectivity index (χ1n) is 3.66. The summed E-state index contributed by atoms with van der Waals surface area (Å²) in [5.74, 6) is -0.0625. The molecule has 0 amide bonds. The number of hydrogen-bond donors (Lipinski definition) is 1. The first-order valence-corrected chi connectivity index (χ1v) is 3.66. The van der Waals surface area contributed by atoms with Gasteiger partial charge in [0.2, 0.25) is 0 Å². The van der Waals surface area contributed by atoms with Gasteiger partial charge in [0.1, 0.15) is 0 Å². The Kier molecular flexibility index (Phi) is 20.5. The van der Waals surface area contributed by atoms with Gasteiger partial charge in [-0.3, -0.25) is 4.79 Å². The predicted octanol–water partition coefficient (Wildman–Crippen LogP) is 2.49. The van der Waals surface area contributed by atoms with Gasteiger partial charge < -0.3 is 5.11 Å². The molecule has 2 nitrogen and oxygen atoms in total. The van der Waals surface area contributed by atoms with E-state index in [0.29, 0.717) is 0 Å². The van der Waals surface area contributed by atoms with E-state index in [2.05, 4.69) is 6.92 Å². The number of unbranched alkanes of at least 4 members (excludes halogenated alkanes) is 2. The van der Waals surface area contributed by atoms with E-state index in [-0.39, 0.29) is 31.0 Å². The second-order valence-electron chi connectivity index (χ2n) is 2.16. The van der Waals surface area contributed by atoms with Crippen LogP contribution in [0.5, 0.6) is 0 Å². The molecule has 0 unspecified atom stereocenters. The Balaban J connectivity index is -0.000000150. The standard InChI is InChI=1S/C5H8O2.C5H8.Rh/c1-4(6)3-5(2)7;1-3-5-4-2;/h3,6H,1-2H3;3-5H,1H2,2H3;/b4-3-;;. The Morgan fingerprint density at radius 2 is 1.85 bits per heavy atom. The second-order valence-corrected chi connectivity index (χ2v) is 2.16. The van der Waals surface area contributed by atoms with Crippen LogP contribution in [0.15, 0.2) is 11.8 Å². The van der Waals surface area contributed by atoms with Gasteiger partial charge in [-0.05, 0) is 40.0 Å². The van der Waals surface area contributed by atoms with Crippen molar-refractivity contribution in [3.63, 3.8) is 0 Å². The van der Waals surface area contributed by atoms with Crippen LogP contribution in [-0.2, 0) is 24.3 Å². The largest absolute Gasteiger partial charge is 0.512 e. The molecule has 0 aliphatic heterocycles. The fourth-order valence-electron chi connectivity index (χ4n) is 0.430. The summed E-state index contributed by atoms with van der Waals surface area (Å²) in [4.78, 5) is 10.0. The molecular weight excluding hydrogens is 255 g/mol. The number of hydrogen-bond acceptors (Lipinski definition) is 2. The Morgan fingerprint density at radius 3 is 1.85 bits per heavy atom. The zero-order chi connectivity index (χ0) is 9.98. The number of carbonyl (C=O) groups excluding carboxylic acids is 1. The van der Waals surface area contributed by atoms with Gasteiger partial charge in [-0.25, -0.2) is 0 Å². The van der Waals surface area contributed by atoms with Crippen molar-refractivity contribution in [3.05, 3.63) is 38.0 Å². The van der Waals surface area contributed by atoms with Gasteiger partial charge in [-0.15, -0.1) is 0 Å². The van der Waals surface area contributed by atoms with E-state index >= 15 is 0 Å². The van der Waals surface area contributed by atoms with Crippen LogP contribution in [0, 0.1) is 26.2 Å². The molecule has 0 atom stereocenters. The molecule has 1 N–H and O–H groups in total. The van der Waals surface area contributed by atoms with E-state index in [9.17, 15) is 4.79 Å². The maximum atomic E-state index is 10.0. The number of allylic oxidation sites excluding steroid dienone is 2. The SMILES string of the molecule is CC(=O)/C=C(/C)O.[CH2][CH][CH][CH]C.[Rh]. The van der Waals surface area contributed by atoms with E-state index in [0.717, 1.165) is 0 Å². The predicted molar refractivity (Wildman–Crippen MR) is 51.0 cm³/mol. The smallest absolute Gasteiger partial charge is 0.155 e. The van der Waals surface area contributed by atoms with Crippen molar-refractivity contribution in [2.24, 2.45) is 0 Å². The van der Waals surface area contributed by atoms with Gasteiger partial charge >= 0.3 is 0 Å². The molecule has 0 saturated heterocycles. The first kappa shape index (κ1) is 18.6.